The van der Waals surface area contributed by atoms with Gasteiger partial charge in [0.1, 0.15) is 11.4 Å². The van der Waals surface area contributed by atoms with Gasteiger partial charge in [-0.3, -0.25) is 9.59 Å². The maximum Gasteiger partial charge on any atom is 0.573 e. The van der Waals surface area contributed by atoms with Crippen molar-refractivity contribution in [2.75, 3.05) is 16.8 Å². The van der Waals surface area contributed by atoms with Crippen molar-refractivity contribution < 1.29 is 27.5 Å². The SMILES string of the molecule is CC(=O)Nc1nc(C(=O)N2CCCc3cc(OC(F)(F)F)ccc32)cs1. The Balaban J connectivity index is 1.83. The largest absolute Gasteiger partial charge is 0.573 e. The molecule has 0 fully saturated rings. The Labute approximate surface area is 150 Å². The quantitative estimate of drug-likeness (QED) is 0.877. The van der Waals surface area contributed by atoms with E-state index in [1.165, 1.54) is 35.4 Å². The molecule has 2 aromatic rings. The van der Waals surface area contributed by atoms with Crippen molar-refractivity contribution >= 4 is 34.0 Å². The average Bonchev–Trinajstić information content (AvgIpc) is 2.99. The summed E-state index contributed by atoms with van der Waals surface area (Å²) in [5, 5.41) is 4.35. The van der Waals surface area contributed by atoms with Gasteiger partial charge in [-0.1, -0.05) is 0 Å². The second-order valence-corrected chi connectivity index (χ2v) is 6.48. The number of rotatable bonds is 3. The van der Waals surface area contributed by atoms with E-state index in [4.69, 9.17) is 0 Å². The molecule has 1 aromatic carbocycles. The molecule has 2 amide bonds. The number of nitrogens with one attached hydrogen (secondary N) is 1. The van der Waals surface area contributed by atoms with Crippen LogP contribution in [0.1, 0.15) is 29.4 Å². The van der Waals surface area contributed by atoms with E-state index in [1.807, 2.05) is 0 Å². The van der Waals surface area contributed by atoms with Gasteiger partial charge in [-0.05, 0) is 36.6 Å². The van der Waals surface area contributed by atoms with Gasteiger partial charge in [-0.25, -0.2) is 4.98 Å². The highest BCUT2D eigenvalue weighted by atomic mass is 32.1. The van der Waals surface area contributed by atoms with Crippen LogP contribution in [0.5, 0.6) is 5.75 Å². The number of nitrogens with zero attached hydrogens (tertiary/aromatic N) is 2. The summed E-state index contributed by atoms with van der Waals surface area (Å²) >= 11 is 1.12. The lowest BCUT2D eigenvalue weighted by molar-refractivity contribution is -0.274. The summed E-state index contributed by atoms with van der Waals surface area (Å²) in [6.07, 6.45) is -3.61. The summed E-state index contributed by atoms with van der Waals surface area (Å²) < 4.78 is 41.0. The van der Waals surface area contributed by atoms with E-state index in [1.54, 1.807) is 0 Å². The van der Waals surface area contributed by atoms with E-state index in [0.29, 0.717) is 35.8 Å². The molecule has 2 heterocycles. The van der Waals surface area contributed by atoms with Crippen molar-refractivity contribution in [3.05, 3.63) is 34.8 Å². The number of aromatic nitrogens is 1. The number of carbonyl (C=O) groups excluding carboxylic acids is 2. The first-order valence-electron chi connectivity index (χ1n) is 7.66. The molecule has 138 valence electrons. The predicted octanol–water partition coefficient (Wildman–Crippen LogP) is 3.59. The fourth-order valence-corrected chi connectivity index (χ4v) is 3.43. The first-order valence-corrected chi connectivity index (χ1v) is 8.54. The second kappa shape index (κ2) is 6.94. The van der Waals surface area contributed by atoms with E-state index in [-0.39, 0.29) is 23.3 Å². The van der Waals surface area contributed by atoms with E-state index < -0.39 is 6.36 Å². The Bertz CT molecular complexity index is 851. The van der Waals surface area contributed by atoms with Crippen molar-refractivity contribution in [1.29, 1.82) is 0 Å². The Morgan fingerprint density at radius 2 is 2.12 bits per heavy atom. The minimum absolute atomic E-state index is 0.169. The summed E-state index contributed by atoms with van der Waals surface area (Å²) in [5.74, 6) is -0.977. The van der Waals surface area contributed by atoms with E-state index >= 15 is 0 Å². The fraction of sp³-hybridized carbons (Fsp3) is 0.312. The normalized spacial score (nSPS) is 13.9. The number of ether oxygens (including phenoxy) is 1. The highest BCUT2D eigenvalue weighted by Gasteiger charge is 2.32. The molecule has 1 N–H and O–H groups in total. The lowest BCUT2D eigenvalue weighted by Crippen LogP contribution is -2.35. The molecule has 0 unspecified atom stereocenters. The van der Waals surface area contributed by atoms with Gasteiger partial charge in [-0.15, -0.1) is 24.5 Å². The number of thiazole rings is 1. The molecule has 0 radical (unpaired) electrons. The van der Waals surface area contributed by atoms with Crippen molar-refractivity contribution in [1.82, 2.24) is 4.98 Å². The Kier molecular flexibility index (Phi) is 4.86. The van der Waals surface area contributed by atoms with Crippen LogP contribution in [0.15, 0.2) is 23.6 Å². The number of halogens is 3. The number of benzene rings is 1. The highest BCUT2D eigenvalue weighted by Crippen LogP contribution is 2.33. The monoisotopic (exact) mass is 385 g/mol. The van der Waals surface area contributed by atoms with Crippen LogP contribution in [-0.4, -0.2) is 29.7 Å². The molecule has 0 aliphatic carbocycles. The minimum Gasteiger partial charge on any atom is -0.406 e. The van der Waals surface area contributed by atoms with Gasteiger partial charge in [0.2, 0.25) is 5.91 Å². The lowest BCUT2D eigenvalue weighted by atomic mass is 10.0. The zero-order valence-corrected chi connectivity index (χ0v) is 14.4. The Morgan fingerprint density at radius 1 is 1.35 bits per heavy atom. The summed E-state index contributed by atoms with van der Waals surface area (Å²) in [4.78, 5) is 29.3. The van der Waals surface area contributed by atoms with Crippen LogP contribution in [-0.2, 0) is 11.2 Å². The number of alkyl halides is 3. The summed E-state index contributed by atoms with van der Waals surface area (Å²) in [5.41, 5.74) is 1.30. The fourth-order valence-electron chi connectivity index (χ4n) is 2.70. The third-order valence-electron chi connectivity index (χ3n) is 3.65. The molecule has 26 heavy (non-hydrogen) atoms. The van der Waals surface area contributed by atoms with Crippen LogP contribution in [0.2, 0.25) is 0 Å². The maximum atomic E-state index is 12.7. The molecule has 1 aromatic heterocycles. The zero-order chi connectivity index (χ0) is 18.9. The number of amides is 2. The molecule has 0 spiro atoms. The van der Waals surface area contributed by atoms with Gasteiger partial charge in [-0.2, -0.15) is 0 Å². The van der Waals surface area contributed by atoms with E-state index in [9.17, 15) is 22.8 Å². The van der Waals surface area contributed by atoms with Crippen molar-refractivity contribution in [2.24, 2.45) is 0 Å². The molecule has 0 bridgehead atoms. The lowest BCUT2D eigenvalue weighted by Gasteiger charge is -2.29. The Hall–Kier alpha value is -2.62. The molecule has 0 saturated heterocycles. The van der Waals surface area contributed by atoms with Crippen LogP contribution in [0.25, 0.3) is 0 Å². The number of hydrogen-bond acceptors (Lipinski definition) is 5. The molecule has 10 heteroatoms. The summed E-state index contributed by atoms with van der Waals surface area (Å²) in [6.45, 7) is 1.77. The molecule has 1 aliphatic rings. The minimum atomic E-state index is -4.76. The van der Waals surface area contributed by atoms with Gasteiger partial charge in [0, 0.05) is 24.5 Å². The maximum absolute atomic E-state index is 12.7. The van der Waals surface area contributed by atoms with Crippen molar-refractivity contribution in [3.63, 3.8) is 0 Å². The average molecular weight is 385 g/mol. The van der Waals surface area contributed by atoms with Gasteiger partial charge in [0.05, 0.1) is 0 Å². The first-order chi connectivity index (χ1) is 12.2. The van der Waals surface area contributed by atoms with Gasteiger partial charge < -0.3 is 15.0 Å². The molecule has 3 rings (SSSR count). The topological polar surface area (TPSA) is 71.5 Å². The molecule has 1 aliphatic heterocycles. The number of aryl methyl sites for hydroxylation is 1. The number of carbonyl (C=O) groups is 2. The van der Waals surface area contributed by atoms with Gasteiger partial charge in [0.25, 0.3) is 5.91 Å². The van der Waals surface area contributed by atoms with Gasteiger partial charge >= 0.3 is 6.36 Å². The van der Waals surface area contributed by atoms with Crippen molar-refractivity contribution in [3.8, 4) is 5.75 Å². The van der Waals surface area contributed by atoms with Crippen molar-refractivity contribution in [2.45, 2.75) is 26.1 Å². The van der Waals surface area contributed by atoms with Gasteiger partial charge in [0.15, 0.2) is 5.13 Å². The third-order valence-corrected chi connectivity index (χ3v) is 4.41. The first kappa shape index (κ1) is 18.2. The van der Waals surface area contributed by atoms with Crippen LogP contribution in [0.4, 0.5) is 24.0 Å². The molecule has 0 saturated carbocycles. The number of anilines is 2. The number of hydrogen-bond donors (Lipinski definition) is 1. The zero-order valence-electron chi connectivity index (χ0n) is 13.6. The highest BCUT2D eigenvalue weighted by molar-refractivity contribution is 7.14. The number of fused-ring (bicyclic) bond motifs is 1. The van der Waals surface area contributed by atoms with Crippen LogP contribution in [0.3, 0.4) is 0 Å². The van der Waals surface area contributed by atoms with E-state index in [0.717, 1.165) is 11.3 Å². The standard InChI is InChI=1S/C16H14F3N3O3S/c1-9(23)20-15-21-12(8-26-15)14(24)22-6-2-3-10-7-11(4-5-13(10)22)25-16(17,18)19/h4-5,7-8H,2-3,6H2,1H3,(H,20,21,23). The third kappa shape index (κ3) is 4.13. The van der Waals surface area contributed by atoms with Crippen LogP contribution in [0, 0.1) is 0 Å². The molecular formula is C16H14F3N3O3S. The Morgan fingerprint density at radius 3 is 2.81 bits per heavy atom. The van der Waals surface area contributed by atoms with Crippen LogP contribution >= 0.6 is 11.3 Å². The summed E-state index contributed by atoms with van der Waals surface area (Å²) in [6, 6.07) is 3.92. The predicted molar refractivity (Wildman–Crippen MR) is 89.5 cm³/mol. The molecule has 6 nitrogen and oxygen atoms in total. The smallest absolute Gasteiger partial charge is 0.406 e. The van der Waals surface area contributed by atoms with E-state index in [2.05, 4.69) is 15.0 Å². The summed E-state index contributed by atoms with van der Waals surface area (Å²) in [7, 11) is 0. The van der Waals surface area contributed by atoms with Crippen LogP contribution < -0.4 is 15.0 Å². The second-order valence-electron chi connectivity index (χ2n) is 5.62. The molecule has 0 atom stereocenters. The molecular weight excluding hydrogens is 371 g/mol.